The quantitative estimate of drug-likeness (QED) is 0.777. The maximum Gasteiger partial charge on any atom is 0.148 e. The third kappa shape index (κ3) is 3.04. The van der Waals surface area contributed by atoms with E-state index in [-0.39, 0.29) is 17.3 Å². The van der Waals surface area contributed by atoms with Crippen molar-refractivity contribution in [3.05, 3.63) is 101 Å². The first-order chi connectivity index (χ1) is 13.1. The van der Waals surface area contributed by atoms with Crippen molar-refractivity contribution in [1.29, 1.82) is 5.26 Å². The maximum absolute atomic E-state index is 13.4. The van der Waals surface area contributed by atoms with Crippen molar-refractivity contribution >= 4 is 5.84 Å². The van der Waals surface area contributed by atoms with Crippen LogP contribution in [0.2, 0.25) is 0 Å². The zero-order valence-corrected chi connectivity index (χ0v) is 14.2. The van der Waals surface area contributed by atoms with Gasteiger partial charge in [0.25, 0.3) is 0 Å². The summed E-state index contributed by atoms with van der Waals surface area (Å²) in [6, 6.07) is 19.4. The van der Waals surface area contributed by atoms with Crippen molar-refractivity contribution in [3.8, 4) is 6.07 Å². The Bertz CT molecular complexity index is 1010. The summed E-state index contributed by atoms with van der Waals surface area (Å²) in [4.78, 5) is 8.86. The molecule has 1 N–H and O–H groups in total. The number of amidine groups is 1. The fourth-order valence-corrected chi connectivity index (χ4v) is 3.22. The Morgan fingerprint density at radius 3 is 2.04 bits per heavy atom. The normalized spacial score (nSPS) is 14.9. The molecule has 0 saturated carbocycles. The average Bonchev–Trinajstić information content (AvgIpc) is 3.16. The van der Waals surface area contributed by atoms with Crippen molar-refractivity contribution in [2.75, 3.05) is 6.54 Å². The van der Waals surface area contributed by atoms with Crippen molar-refractivity contribution in [3.63, 3.8) is 0 Å². The standard InChI is InChI=1S/C21H14F2N4/c22-16-8-4-14(5-9-16)21(15-6-10-17(23)11-7-15)13-25-20(27-21)19-3-1-2-18(12-24)26-19/h1-11H,13H2,(H,25,27). The molecule has 132 valence electrons. The third-order valence-corrected chi connectivity index (χ3v) is 4.59. The number of benzene rings is 2. The Morgan fingerprint density at radius 1 is 0.889 bits per heavy atom. The van der Waals surface area contributed by atoms with E-state index in [0.717, 1.165) is 11.1 Å². The van der Waals surface area contributed by atoms with Crippen LogP contribution < -0.4 is 5.32 Å². The van der Waals surface area contributed by atoms with Gasteiger partial charge in [-0.05, 0) is 47.5 Å². The molecule has 0 bridgehead atoms. The molecule has 6 heteroatoms. The van der Waals surface area contributed by atoms with Crippen LogP contribution in [0.15, 0.2) is 71.7 Å². The van der Waals surface area contributed by atoms with Gasteiger partial charge in [-0.1, -0.05) is 30.3 Å². The Morgan fingerprint density at radius 2 is 1.48 bits per heavy atom. The molecule has 0 radical (unpaired) electrons. The van der Waals surface area contributed by atoms with Gasteiger partial charge < -0.3 is 5.32 Å². The molecule has 4 nitrogen and oxygen atoms in total. The predicted molar refractivity (Wildman–Crippen MR) is 97.1 cm³/mol. The zero-order chi connectivity index (χ0) is 18.9. The number of rotatable bonds is 3. The fraction of sp³-hybridized carbons (Fsp3) is 0.0952. The third-order valence-electron chi connectivity index (χ3n) is 4.59. The Labute approximate surface area is 154 Å². The molecule has 0 amide bonds. The van der Waals surface area contributed by atoms with Crippen LogP contribution >= 0.6 is 0 Å². The molecule has 0 unspecified atom stereocenters. The predicted octanol–water partition coefficient (Wildman–Crippen LogP) is 3.53. The van der Waals surface area contributed by atoms with E-state index in [1.165, 1.54) is 24.3 Å². The van der Waals surface area contributed by atoms with Gasteiger partial charge in [0.05, 0.1) is 6.54 Å². The molecular formula is C21H14F2N4. The molecule has 1 aliphatic rings. The van der Waals surface area contributed by atoms with Crippen LogP contribution in [-0.4, -0.2) is 17.4 Å². The number of nitriles is 1. The second-order valence-electron chi connectivity index (χ2n) is 6.23. The van der Waals surface area contributed by atoms with E-state index in [2.05, 4.69) is 15.3 Å². The monoisotopic (exact) mass is 360 g/mol. The number of aliphatic imine (C=N–C) groups is 1. The molecule has 4 rings (SSSR count). The van der Waals surface area contributed by atoms with Crippen LogP contribution in [0.1, 0.15) is 22.5 Å². The van der Waals surface area contributed by atoms with E-state index in [1.54, 1.807) is 42.5 Å². The van der Waals surface area contributed by atoms with Gasteiger partial charge >= 0.3 is 0 Å². The Hall–Kier alpha value is -3.59. The lowest BCUT2D eigenvalue weighted by Crippen LogP contribution is -2.44. The van der Waals surface area contributed by atoms with Crippen LogP contribution in [0.25, 0.3) is 0 Å². The highest BCUT2D eigenvalue weighted by molar-refractivity contribution is 5.99. The van der Waals surface area contributed by atoms with Crippen molar-refractivity contribution in [1.82, 2.24) is 10.3 Å². The Balaban J connectivity index is 1.78. The summed E-state index contributed by atoms with van der Waals surface area (Å²) < 4.78 is 26.9. The van der Waals surface area contributed by atoms with E-state index in [4.69, 9.17) is 5.26 Å². The van der Waals surface area contributed by atoms with Gasteiger partial charge in [0.15, 0.2) is 0 Å². The number of hydrogen-bond donors (Lipinski definition) is 1. The maximum atomic E-state index is 13.4. The van der Waals surface area contributed by atoms with Gasteiger partial charge in [-0.2, -0.15) is 5.26 Å². The smallest absolute Gasteiger partial charge is 0.148 e. The minimum atomic E-state index is -0.777. The van der Waals surface area contributed by atoms with Gasteiger partial charge in [-0.3, -0.25) is 4.99 Å². The summed E-state index contributed by atoms with van der Waals surface area (Å²) >= 11 is 0. The van der Waals surface area contributed by atoms with Gasteiger partial charge in [-0.25, -0.2) is 13.8 Å². The summed E-state index contributed by atoms with van der Waals surface area (Å²) in [7, 11) is 0. The molecule has 0 saturated heterocycles. The minimum absolute atomic E-state index is 0.290. The minimum Gasteiger partial charge on any atom is -0.353 e. The average molecular weight is 360 g/mol. The van der Waals surface area contributed by atoms with Crippen molar-refractivity contribution in [2.45, 2.75) is 5.54 Å². The van der Waals surface area contributed by atoms with E-state index >= 15 is 0 Å². The summed E-state index contributed by atoms with van der Waals surface area (Å²) in [5.74, 6) is -0.146. The van der Waals surface area contributed by atoms with Gasteiger partial charge in [0, 0.05) is 0 Å². The van der Waals surface area contributed by atoms with E-state index < -0.39 is 5.54 Å². The van der Waals surface area contributed by atoms with Crippen LogP contribution in [0, 0.1) is 23.0 Å². The lowest BCUT2D eigenvalue weighted by atomic mass is 9.83. The highest BCUT2D eigenvalue weighted by atomic mass is 19.1. The topological polar surface area (TPSA) is 61.1 Å². The first-order valence-electron chi connectivity index (χ1n) is 8.33. The highest BCUT2D eigenvalue weighted by Gasteiger charge is 2.39. The molecule has 27 heavy (non-hydrogen) atoms. The molecule has 1 aliphatic heterocycles. The first kappa shape index (κ1) is 16.9. The molecule has 0 aliphatic carbocycles. The lowest BCUT2D eigenvalue weighted by Gasteiger charge is -2.31. The van der Waals surface area contributed by atoms with E-state index in [1.807, 2.05) is 6.07 Å². The summed E-state index contributed by atoms with van der Waals surface area (Å²) in [5, 5.41) is 12.4. The van der Waals surface area contributed by atoms with E-state index in [9.17, 15) is 8.78 Å². The van der Waals surface area contributed by atoms with Gasteiger partial charge in [-0.15, -0.1) is 0 Å². The second kappa shape index (κ2) is 6.61. The molecule has 0 atom stereocenters. The number of halogens is 2. The van der Waals surface area contributed by atoms with Crippen LogP contribution in [0.3, 0.4) is 0 Å². The highest BCUT2D eigenvalue weighted by Crippen LogP contribution is 2.34. The molecule has 2 aromatic carbocycles. The molecule has 3 aromatic rings. The fourth-order valence-electron chi connectivity index (χ4n) is 3.22. The largest absolute Gasteiger partial charge is 0.353 e. The van der Waals surface area contributed by atoms with Gasteiger partial charge in [0.1, 0.15) is 40.5 Å². The number of hydrogen-bond acceptors (Lipinski definition) is 4. The SMILES string of the molecule is N#Cc1cccc(C2=NCC(c3ccc(F)cc3)(c3ccc(F)cc3)N2)n1. The molecule has 2 heterocycles. The second-order valence-corrected chi connectivity index (χ2v) is 6.23. The summed E-state index contributed by atoms with van der Waals surface area (Å²) in [5.41, 5.74) is 1.65. The van der Waals surface area contributed by atoms with Crippen LogP contribution in [-0.2, 0) is 5.54 Å². The zero-order valence-electron chi connectivity index (χ0n) is 14.2. The molecule has 0 spiro atoms. The number of aromatic nitrogens is 1. The summed E-state index contributed by atoms with van der Waals surface area (Å²) in [6.45, 7) is 0.331. The van der Waals surface area contributed by atoms with Crippen molar-refractivity contribution in [2.24, 2.45) is 4.99 Å². The molecular weight excluding hydrogens is 346 g/mol. The van der Waals surface area contributed by atoms with Gasteiger partial charge in [0.2, 0.25) is 0 Å². The number of pyridine rings is 1. The van der Waals surface area contributed by atoms with E-state index in [0.29, 0.717) is 18.1 Å². The first-order valence-corrected chi connectivity index (χ1v) is 8.33. The van der Waals surface area contributed by atoms with Crippen LogP contribution in [0.4, 0.5) is 8.78 Å². The van der Waals surface area contributed by atoms with Crippen LogP contribution in [0.5, 0.6) is 0 Å². The lowest BCUT2D eigenvalue weighted by molar-refractivity contribution is 0.519. The Kier molecular flexibility index (Phi) is 4.13. The van der Waals surface area contributed by atoms with Crippen molar-refractivity contribution < 1.29 is 8.78 Å². The number of nitrogens with zero attached hydrogens (tertiary/aromatic N) is 3. The molecule has 0 fully saturated rings. The number of nitrogens with one attached hydrogen (secondary N) is 1. The molecule has 1 aromatic heterocycles. The summed E-state index contributed by atoms with van der Waals surface area (Å²) in [6.07, 6.45) is 0.